The number of hydrogen-bond donors (Lipinski definition) is 0. The lowest BCUT2D eigenvalue weighted by atomic mass is 10.3. The molecule has 0 N–H and O–H groups in total. The molecule has 0 bridgehead atoms. The second-order valence-corrected chi connectivity index (χ2v) is 5.44. The molecule has 0 atom stereocenters. The van der Waals surface area contributed by atoms with Crippen molar-refractivity contribution in [1.82, 2.24) is 4.98 Å². The van der Waals surface area contributed by atoms with Crippen LogP contribution in [-0.2, 0) is 4.79 Å². The Kier molecular flexibility index (Phi) is 4.74. The van der Waals surface area contributed by atoms with Crippen molar-refractivity contribution in [2.75, 3.05) is 29.9 Å². The summed E-state index contributed by atoms with van der Waals surface area (Å²) in [5, 5.41) is 2.74. The van der Waals surface area contributed by atoms with Gasteiger partial charge in [-0.05, 0) is 26.0 Å². The molecule has 0 radical (unpaired) electrons. The first kappa shape index (κ1) is 14.5. The SMILES string of the molecule is CCN(C(=O)CN(C)c1ccccc1)c1nc(C)cs1. The topological polar surface area (TPSA) is 36.4 Å². The molecule has 1 aromatic carbocycles. The zero-order chi connectivity index (χ0) is 14.5. The van der Waals surface area contributed by atoms with Crippen LogP contribution in [0.1, 0.15) is 12.6 Å². The number of amides is 1. The maximum absolute atomic E-state index is 12.4. The molecule has 0 spiro atoms. The minimum Gasteiger partial charge on any atom is -0.365 e. The molecule has 1 aromatic heterocycles. The van der Waals surface area contributed by atoms with Crippen LogP contribution in [-0.4, -0.2) is 31.0 Å². The van der Waals surface area contributed by atoms with E-state index < -0.39 is 0 Å². The van der Waals surface area contributed by atoms with E-state index in [0.717, 1.165) is 16.5 Å². The molecule has 0 aliphatic rings. The van der Waals surface area contributed by atoms with Crippen LogP contribution in [0.4, 0.5) is 10.8 Å². The van der Waals surface area contributed by atoms with Gasteiger partial charge in [-0.1, -0.05) is 18.2 Å². The van der Waals surface area contributed by atoms with Gasteiger partial charge in [0.15, 0.2) is 5.13 Å². The second kappa shape index (κ2) is 6.52. The van der Waals surface area contributed by atoms with Crippen LogP contribution in [0.25, 0.3) is 0 Å². The Morgan fingerprint density at radius 1 is 1.30 bits per heavy atom. The number of hydrogen-bond acceptors (Lipinski definition) is 4. The third-order valence-electron chi connectivity index (χ3n) is 3.02. The number of likely N-dealkylation sites (N-methyl/N-ethyl adjacent to an activating group) is 2. The lowest BCUT2D eigenvalue weighted by Crippen LogP contribution is -2.39. The molecule has 1 heterocycles. The molecular formula is C15H19N3OS. The molecular weight excluding hydrogens is 270 g/mol. The first-order valence-electron chi connectivity index (χ1n) is 6.60. The Bertz CT molecular complexity index is 568. The first-order valence-corrected chi connectivity index (χ1v) is 7.48. The Morgan fingerprint density at radius 2 is 2.00 bits per heavy atom. The van der Waals surface area contributed by atoms with E-state index in [4.69, 9.17) is 0 Å². The van der Waals surface area contributed by atoms with Gasteiger partial charge in [-0.25, -0.2) is 4.98 Å². The fourth-order valence-electron chi connectivity index (χ4n) is 1.95. The quantitative estimate of drug-likeness (QED) is 0.849. The van der Waals surface area contributed by atoms with Crippen LogP contribution < -0.4 is 9.80 Å². The maximum atomic E-state index is 12.4. The van der Waals surface area contributed by atoms with Gasteiger partial charge in [0, 0.05) is 24.7 Å². The van der Waals surface area contributed by atoms with Crippen molar-refractivity contribution >= 4 is 28.1 Å². The second-order valence-electron chi connectivity index (χ2n) is 4.60. The largest absolute Gasteiger partial charge is 0.365 e. The first-order chi connectivity index (χ1) is 9.61. The van der Waals surface area contributed by atoms with Crippen molar-refractivity contribution in [1.29, 1.82) is 0 Å². The summed E-state index contributed by atoms with van der Waals surface area (Å²) in [4.78, 5) is 20.5. The summed E-state index contributed by atoms with van der Waals surface area (Å²) >= 11 is 1.51. The van der Waals surface area contributed by atoms with Crippen LogP contribution in [0.5, 0.6) is 0 Å². The molecule has 5 heteroatoms. The highest BCUT2D eigenvalue weighted by atomic mass is 32.1. The smallest absolute Gasteiger partial charge is 0.248 e. The molecule has 1 amide bonds. The van der Waals surface area contributed by atoms with Gasteiger partial charge < -0.3 is 4.90 Å². The Morgan fingerprint density at radius 3 is 2.55 bits per heavy atom. The van der Waals surface area contributed by atoms with E-state index in [2.05, 4.69) is 4.98 Å². The average Bonchev–Trinajstić information content (AvgIpc) is 2.87. The van der Waals surface area contributed by atoms with E-state index in [0.29, 0.717) is 13.1 Å². The van der Waals surface area contributed by atoms with Crippen LogP contribution >= 0.6 is 11.3 Å². The summed E-state index contributed by atoms with van der Waals surface area (Å²) in [5.74, 6) is 0.0632. The van der Waals surface area contributed by atoms with Crippen molar-refractivity contribution in [2.24, 2.45) is 0 Å². The molecule has 0 unspecified atom stereocenters. The predicted molar refractivity (Wildman–Crippen MR) is 84.6 cm³/mol. The number of nitrogens with zero attached hydrogens (tertiary/aromatic N) is 3. The third-order valence-corrected chi connectivity index (χ3v) is 4.01. The lowest BCUT2D eigenvalue weighted by molar-refractivity contribution is -0.117. The minimum absolute atomic E-state index is 0.0632. The van der Waals surface area contributed by atoms with Gasteiger partial charge in [-0.15, -0.1) is 11.3 Å². The summed E-state index contributed by atoms with van der Waals surface area (Å²) in [6, 6.07) is 9.90. The molecule has 106 valence electrons. The molecule has 2 aromatic rings. The highest BCUT2D eigenvalue weighted by Gasteiger charge is 2.18. The zero-order valence-corrected chi connectivity index (χ0v) is 12.9. The van der Waals surface area contributed by atoms with Crippen LogP contribution in [0.2, 0.25) is 0 Å². The molecule has 0 saturated carbocycles. The van der Waals surface area contributed by atoms with Crippen LogP contribution in [0.15, 0.2) is 35.7 Å². The number of aryl methyl sites for hydroxylation is 1. The van der Waals surface area contributed by atoms with Crippen molar-refractivity contribution < 1.29 is 4.79 Å². The van der Waals surface area contributed by atoms with Gasteiger partial charge in [-0.3, -0.25) is 9.69 Å². The van der Waals surface area contributed by atoms with E-state index in [1.54, 1.807) is 4.90 Å². The van der Waals surface area contributed by atoms with Crippen molar-refractivity contribution in [3.8, 4) is 0 Å². The highest BCUT2D eigenvalue weighted by Crippen LogP contribution is 2.20. The monoisotopic (exact) mass is 289 g/mol. The van der Waals surface area contributed by atoms with Crippen LogP contribution in [0, 0.1) is 6.92 Å². The standard InChI is InChI=1S/C15H19N3OS/c1-4-18(15-16-12(2)11-20-15)14(19)10-17(3)13-8-6-5-7-9-13/h5-9,11H,4,10H2,1-3H3. The Labute approximate surface area is 123 Å². The number of carbonyl (C=O) groups is 1. The Hall–Kier alpha value is -1.88. The van der Waals surface area contributed by atoms with Gasteiger partial charge >= 0.3 is 0 Å². The minimum atomic E-state index is 0.0632. The van der Waals surface area contributed by atoms with Gasteiger partial charge in [0.1, 0.15) is 0 Å². The number of thiazole rings is 1. The van der Waals surface area contributed by atoms with Crippen LogP contribution in [0.3, 0.4) is 0 Å². The number of anilines is 2. The summed E-state index contributed by atoms with van der Waals surface area (Å²) < 4.78 is 0. The third kappa shape index (κ3) is 3.36. The zero-order valence-electron chi connectivity index (χ0n) is 12.0. The fourth-order valence-corrected chi connectivity index (χ4v) is 2.83. The number of carbonyl (C=O) groups excluding carboxylic acids is 1. The predicted octanol–water partition coefficient (Wildman–Crippen LogP) is 2.94. The molecule has 0 saturated heterocycles. The van der Waals surface area contributed by atoms with E-state index in [1.807, 2.05) is 61.5 Å². The van der Waals surface area contributed by atoms with E-state index in [9.17, 15) is 4.79 Å². The molecule has 20 heavy (non-hydrogen) atoms. The number of aromatic nitrogens is 1. The van der Waals surface area contributed by atoms with Gasteiger partial charge in [0.25, 0.3) is 0 Å². The summed E-state index contributed by atoms with van der Waals surface area (Å²) in [6.45, 7) is 4.89. The fraction of sp³-hybridized carbons (Fsp3) is 0.333. The molecule has 0 fully saturated rings. The van der Waals surface area contributed by atoms with Crippen molar-refractivity contribution in [3.63, 3.8) is 0 Å². The van der Waals surface area contributed by atoms with Crippen molar-refractivity contribution in [3.05, 3.63) is 41.4 Å². The number of rotatable bonds is 5. The number of para-hydroxylation sites is 1. The average molecular weight is 289 g/mol. The summed E-state index contributed by atoms with van der Waals surface area (Å²) in [5.41, 5.74) is 1.99. The summed E-state index contributed by atoms with van der Waals surface area (Å²) in [7, 11) is 1.92. The normalized spacial score (nSPS) is 10.3. The van der Waals surface area contributed by atoms with E-state index in [-0.39, 0.29) is 5.91 Å². The lowest BCUT2D eigenvalue weighted by Gasteiger charge is -2.23. The van der Waals surface area contributed by atoms with Gasteiger partial charge in [0.2, 0.25) is 5.91 Å². The van der Waals surface area contributed by atoms with Crippen molar-refractivity contribution in [2.45, 2.75) is 13.8 Å². The highest BCUT2D eigenvalue weighted by molar-refractivity contribution is 7.14. The van der Waals surface area contributed by atoms with E-state index in [1.165, 1.54) is 11.3 Å². The summed E-state index contributed by atoms with van der Waals surface area (Å²) in [6.07, 6.45) is 0. The van der Waals surface area contributed by atoms with Gasteiger partial charge in [0.05, 0.1) is 12.2 Å². The molecule has 4 nitrogen and oxygen atoms in total. The molecule has 0 aliphatic heterocycles. The molecule has 2 rings (SSSR count). The molecule has 0 aliphatic carbocycles. The maximum Gasteiger partial charge on any atom is 0.248 e. The Balaban J connectivity index is 2.06. The van der Waals surface area contributed by atoms with Gasteiger partial charge in [-0.2, -0.15) is 0 Å². The van der Waals surface area contributed by atoms with E-state index >= 15 is 0 Å². The number of benzene rings is 1.